The largest absolute Gasteiger partial charge is 0.328 e. The number of H-pyrrole nitrogens is 1. The fourth-order valence-electron chi connectivity index (χ4n) is 1.45. The van der Waals surface area contributed by atoms with Crippen molar-refractivity contribution < 1.29 is 0 Å². The van der Waals surface area contributed by atoms with E-state index in [0.29, 0.717) is 0 Å². The van der Waals surface area contributed by atoms with Gasteiger partial charge in [-0.25, -0.2) is 0 Å². The summed E-state index contributed by atoms with van der Waals surface area (Å²) in [6.45, 7) is 1.80. The van der Waals surface area contributed by atoms with Crippen molar-refractivity contribution >= 4 is 15.9 Å². The average molecular weight is 264 g/mol. The summed E-state index contributed by atoms with van der Waals surface area (Å²) in [4.78, 5) is 13.9. The number of nitrogens with one attached hydrogen (secondary N) is 1. The van der Waals surface area contributed by atoms with Gasteiger partial charge in [-0.1, -0.05) is 34.1 Å². The molecule has 2 aromatic rings. The second-order valence-corrected chi connectivity index (χ2v) is 4.23. The first kappa shape index (κ1) is 10.2. The standard InChI is InChI=1S/C12H10BrNO/c1-8-6-9(7-14-12(8)15)10-4-2-3-5-11(10)13/h2-7H,1H3,(H,14,15). The van der Waals surface area contributed by atoms with E-state index in [0.717, 1.165) is 21.2 Å². The van der Waals surface area contributed by atoms with Gasteiger partial charge in [0.15, 0.2) is 0 Å². The lowest BCUT2D eigenvalue weighted by Gasteiger charge is -2.04. The number of hydrogen-bond acceptors (Lipinski definition) is 1. The smallest absolute Gasteiger partial charge is 0.250 e. The molecule has 1 aromatic heterocycles. The molecule has 0 aliphatic rings. The molecular formula is C12H10BrNO. The summed E-state index contributed by atoms with van der Waals surface area (Å²) in [5.74, 6) is 0. The minimum absolute atomic E-state index is 0.0363. The Kier molecular flexibility index (Phi) is 2.73. The number of hydrogen-bond donors (Lipinski definition) is 1. The van der Waals surface area contributed by atoms with Crippen molar-refractivity contribution in [2.24, 2.45) is 0 Å². The van der Waals surface area contributed by atoms with Crippen molar-refractivity contribution in [3.8, 4) is 11.1 Å². The second-order valence-electron chi connectivity index (χ2n) is 3.38. The molecule has 15 heavy (non-hydrogen) atoms. The first-order valence-corrected chi connectivity index (χ1v) is 5.42. The summed E-state index contributed by atoms with van der Waals surface area (Å²) in [7, 11) is 0. The molecule has 3 heteroatoms. The van der Waals surface area contributed by atoms with Crippen molar-refractivity contribution in [2.75, 3.05) is 0 Å². The first-order valence-electron chi connectivity index (χ1n) is 4.63. The molecule has 1 aromatic carbocycles. The van der Waals surface area contributed by atoms with E-state index in [2.05, 4.69) is 20.9 Å². The molecular weight excluding hydrogens is 254 g/mol. The highest BCUT2D eigenvalue weighted by molar-refractivity contribution is 9.10. The van der Waals surface area contributed by atoms with Crippen LogP contribution in [-0.4, -0.2) is 4.98 Å². The van der Waals surface area contributed by atoms with E-state index in [9.17, 15) is 4.79 Å². The summed E-state index contributed by atoms with van der Waals surface area (Å²) in [5, 5.41) is 0. The van der Waals surface area contributed by atoms with E-state index in [1.54, 1.807) is 13.1 Å². The first-order chi connectivity index (χ1) is 7.18. The number of pyridine rings is 1. The van der Waals surface area contributed by atoms with Crippen LogP contribution in [0.3, 0.4) is 0 Å². The van der Waals surface area contributed by atoms with Gasteiger partial charge in [0.05, 0.1) is 0 Å². The zero-order chi connectivity index (χ0) is 10.8. The highest BCUT2D eigenvalue weighted by Crippen LogP contribution is 2.26. The monoisotopic (exact) mass is 263 g/mol. The molecule has 0 spiro atoms. The lowest BCUT2D eigenvalue weighted by atomic mass is 10.1. The normalized spacial score (nSPS) is 10.3. The fourth-order valence-corrected chi connectivity index (χ4v) is 1.96. The van der Waals surface area contributed by atoms with E-state index < -0.39 is 0 Å². The predicted octanol–water partition coefficient (Wildman–Crippen LogP) is 3.11. The molecule has 2 nitrogen and oxygen atoms in total. The topological polar surface area (TPSA) is 32.9 Å². The molecule has 76 valence electrons. The molecule has 0 radical (unpaired) electrons. The number of halogens is 1. The van der Waals surface area contributed by atoms with Gasteiger partial charge in [-0.3, -0.25) is 4.79 Å². The molecule has 0 atom stereocenters. The van der Waals surface area contributed by atoms with Gasteiger partial charge in [-0.2, -0.15) is 0 Å². The van der Waals surface area contributed by atoms with Crippen LogP contribution in [0.5, 0.6) is 0 Å². The summed E-state index contributed by atoms with van der Waals surface area (Å²) in [6, 6.07) is 9.82. The van der Waals surface area contributed by atoms with Gasteiger partial charge in [0, 0.05) is 16.2 Å². The molecule has 1 N–H and O–H groups in total. The van der Waals surface area contributed by atoms with Crippen LogP contribution in [0.15, 0.2) is 45.8 Å². The van der Waals surface area contributed by atoms with Gasteiger partial charge in [0.1, 0.15) is 0 Å². The van der Waals surface area contributed by atoms with Crippen molar-refractivity contribution in [3.63, 3.8) is 0 Å². The Bertz CT molecular complexity index is 545. The van der Waals surface area contributed by atoms with Crippen LogP contribution in [0.25, 0.3) is 11.1 Å². The Morgan fingerprint density at radius 3 is 2.67 bits per heavy atom. The van der Waals surface area contributed by atoms with Crippen LogP contribution in [0.1, 0.15) is 5.56 Å². The molecule has 0 saturated carbocycles. The van der Waals surface area contributed by atoms with Gasteiger partial charge in [0.2, 0.25) is 0 Å². The van der Waals surface area contributed by atoms with Crippen LogP contribution in [0.4, 0.5) is 0 Å². The maximum absolute atomic E-state index is 11.2. The molecule has 1 heterocycles. The highest BCUT2D eigenvalue weighted by Gasteiger charge is 2.03. The van der Waals surface area contributed by atoms with Crippen molar-refractivity contribution in [1.29, 1.82) is 0 Å². The van der Waals surface area contributed by atoms with Gasteiger partial charge in [0.25, 0.3) is 5.56 Å². The van der Waals surface area contributed by atoms with E-state index in [4.69, 9.17) is 0 Å². The summed E-state index contributed by atoms with van der Waals surface area (Å²) in [6.07, 6.45) is 1.73. The highest BCUT2D eigenvalue weighted by atomic mass is 79.9. The fraction of sp³-hybridized carbons (Fsp3) is 0.0833. The Balaban J connectivity index is 2.60. The number of aryl methyl sites for hydroxylation is 1. The maximum Gasteiger partial charge on any atom is 0.250 e. The summed E-state index contributed by atoms with van der Waals surface area (Å²) < 4.78 is 1.02. The van der Waals surface area contributed by atoms with Crippen LogP contribution in [0, 0.1) is 6.92 Å². The van der Waals surface area contributed by atoms with Crippen LogP contribution in [0.2, 0.25) is 0 Å². The summed E-state index contributed by atoms with van der Waals surface area (Å²) in [5.41, 5.74) is 2.78. The molecule has 0 fully saturated rings. The SMILES string of the molecule is Cc1cc(-c2ccccc2Br)c[nH]c1=O. The molecule has 2 rings (SSSR count). The van der Waals surface area contributed by atoms with Gasteiger partial charge in [-0.15, -0.1) is 0 Å². The molecule has 0 amide bonds. The van der Waals surface area contributed by atoms with Crippen LogP contribution in [-0.2, 0) is 0 Å². The maximum atomic E-state index is 11.2. The molecule has 0 unspecified atom stereocenters. The predicted molar refractivity (Wildman–Crippen MR) is 64.9 cm³/mol. The third-order valence-electron chi connectivity index (χ3n) is 2.27. The Morgan fingerprint density at radius 2 is 2.00 bits per heavy atom. The zero-order valence-corrected chi connectivity index (χ0v) is 9.84. The minimum atomic E-state index is -0.0363. The minimum Gasteiger partial charge on any atom is -0.328 e. The number of aromatic amines is 1. The molecule has 0 bridgehead atoms. The quantitative estimate of drug-likeness (QED) is 0.843. The van der Waals surface area contributed by atoms with E-state index in [-0.39, 0.29) is 5.56 Å². The van der Waals surface area contributed by atoms with Crippen molar-refractivity contribution in [1.82, 2.24) is 4.98 Å². The van der Waals surface area contributed by atoms with E-state index in [1.165, 1.54) is 0 Å². The van der Waals surface area contributed by atoms with Crippen LogP contribution >= 0.6 is 15.9 Å². The van der Waals surface area contributed by atoms with E-state index in [1.807, 2.05) is 30.3 Å². The molecule has 0 aliphatic heterocycles. The number of benzene rings is 1. The number of aromatic nitrogens is 1. The van der Waals surface area contributed by atoms with Gasteiger partial charge >= 0.3 is 0 Å². The van der Waals surface area contributed by atoms with E-state index >= 15 is 0 Å². The third kappa shape index (κ3) is 2.02. The Labute approximate surface area is 96.1 Å². The number of rotatable bonds is 1. The second kappa shape index (κ2) is 4.03. The van der Waals surface area contributed by atoms with Crippen molar-refractivity contribution in [2.45, 2.75) is 6.92 Å². The molecule has 0 aliphatic carbocycles. The van der Waals surface area contributed by atoms with Gasteiger partial charge in [-0.05, 0) is 30.2 Å². The summed E-state index contributed by atoms with van der Waals surface area (Å²) >= 11 is 3.48. The van der Waals surface area contributed by atoms with Crippen LogP contribution < -0.4 is 5.56 Å². The average Bonchev–Trinajstić information content (AvgIpc) is 2.23. The Hall–Kier alpha value is -1.35. The lowest BCUT2D eigenvalue weighted by Crippen LogP contribution is -2.07. The zero-order valence-electron chi connectivity index (χ0n) is 8.25. The third-order valence-corrected chi connectivity index (χ3v) is 2.97. The van der Waals surface area contributed by atoms with Crippen molar-refractivity contribution in [3.05, 3.63) is 56.9 Å². The van der Waals surface area contributed by atoms with Gasteiger partial charge < -0.3 is 4.98 Å². The Morgan fingerprint density at radius 1 is 1.27 bits per heavy atom. The lowest BCUT2D eigenvalue weighted by molar-refractivity contribution is 1.18. The molecule has 0 saturated heterocycles.